The molecule has 0 spiro atoms. The Kier molecular flexibility index (Phi) is 7.45. The van der Waals surface area contributed by atoms with Gasteiger partial charge < -0.3 is 24.4 Å². The van der Waals surface area contributed by atoms with Crippen LogP contribution in [0.15, 0.2) is 70.3 Å². The van der Waals surface area contributed by atoms with E-state index in [1.807, 2.05) is 66.8 Å². The van der Waals surface area contributed by atoms with E-state index in [9.17, 15) is 9.59 Å². The number of ether oxygens (including phenoxy) is 3. The Balaban J connectivity index is 1.56. The van der Waals surface area contributed by atoms with E-state index in [4.69, 9.17) is 14.2 Å². The molecule has 2 aliphatic heterocycles. The Hall–Kier alpha value is -3.72. The maximum atomic E-state index is 12.8. The molecular formula is C26H27N3O5S. The lowest BCUT2D eigenvalue weighted by Crippen LogP contribution is -2.34. The first-order valence-electron chi connectivity index (χ1n) is 11.2. The zero-order chi connectivity index (χ0) is 24.9. The number of carbonyl (C=O) groups is 2. The molecule has 1 N–H and O–H groups in total. The molecule has 1 amide bonds. The highest BCUT2D eigenvalue weighted by molar-refractivity contribution is 8.16. The van der Waals surface area contributed by atoms with Crippen LogP contribution in [-0.4, -0.2) is 42.3 Å². The molecule has 0 unspecified atom stereocenters. The van der Waals surface area contributed by atoms with Gasteiger partial charge >= 0.3 is 5.97 Å². The van der Waals surface area contributed by atoms with Crippen molar-refractivity contribution < 1.29 is 23.8 Å². The molecule has 35 heavy (non-hydrogen) atoms. The number of methoxy groups -OCH3 is 1. The number of nitrogens with zero attached hydrogens (tertiary/aromatic N) is 2. The topological polar surface area (TPSA) is 89.5 Å². The minimum absolute atomic E-state index is 0.178. The Morgan fingerprint density at radius 2 is 1.97 bits per heavy atom. The second-order valence-electron chi connectivity index (χ2n) is 7.94. The van der Waals surface area contributed by atoms with Crippen LogP contribution in [0.2, 0.25) is 0 Å². The summed E-state index contributed by atoms with van der Waals surface area (Å²) in [5, 5.41) is 5.53. The van der Waals surface area contributed by atoms with Crippen molar-refractivity contribution >= 4 is 34.5 Å². The molecule has 2 aromatic carbocycles. The average molecular weight is 494 g/mol. The summed E-state index contributed by atoms with van der Waals surface area (Å²) >= 11 is 1.49. The first-order chi connectivity index (χ1) is 16.9. The fourth-order valence-corrected chi connectivity index (χ4v) is 4.73. The van der Waals surface area contributed by atoms with Crippen LogP contribution in [0.3, 0.4) is 0 Å². The van der Waals surface area contributed by atoms with Gasteiger partial charge in [0.25, 0.3) is 5.91 Å². The highest BCUT2D eigenvalue weighted by Crippen LogP contribution is 2.43. The van der Waals surface area contributed by atoms with E-state index in [-0.39, 0.29) is 19.1 Å². The minimum atomic E-state index is -0.430. The summed E-state index contributed by atoms with van der Waals surface area (Å²) < 4.78 is 16.7. The number of benzene rings is 2. The molecule has 4 rings (SSSR count). The fraction of sp³-hybridized carbons (Fsp3) is 0.269. The van der Waals surface area contributed by atoms with Gasteiger partial charge in [-0.1, -0.05) is 30.0 Å². The first kappa shape index (κ1) is 24.4. The molecule has 9 heteroatoms. The van der Waals surface area contributed by atoms with E-state index < -0.39 is 12.0 Å². The van der Waals surface area contributed by atoms with Gasteiger partial charge in [-0.2, -0.15) is 0 Å². The number of anilines is 1. The number of aliphatic imine (C=N–C) groups is 1. The van der Waals surface area contributed by atoms with Gasteiger partial charge in [-0.3, -0.25) is 4.79 Å². The van der Waals surface area contributed by atoms with E-state index in [2.05, 4.69) is 10.3 Å². The van der Waals surface area contributed by atoms with Gasteiger partial charge in [-0.05, 0) is 61.6 Å². The number of allylic oxidation sites excluding steroid dienone is 1. The van der Waals surface area contributed by atoms with E-state index >= 15 is 0 Å². The van der Waals surface area contributed by atoms with Crippen LogP contribution >= 0.6 is 11.8 Å². The van der Waals surface area contributed by atoms with E-state index in [1.54, 1.807) is 13.0 Å². The Morgan fingerprint density at radius 3 is 2.71 bits per heavy atom. The van der Waals surface area contributed by atoms with Crippen molar-refractivity contribution in [1.29, 1.82) is 0 Å². The molecule has 2 aromatic rings. The second-order valence-corrected chi connectivity index (χ2v) is 8.82. The number of esters is 1. The summed E-state index contributed by atoms with van der Waals surface area (Å²) in [4.78, 5) is 31.7. The summed E-state index contributed by atoms with van der Waals surface area (Å²) in [5.41, 5.74) is 3.65. The van der Waals surface area contributed by atoms with Crippen molar-refractivity contribution in [2.75, 3.05) is 25.6 Å². The quantitative estimate of drug-likeness (QED) is 0.529. The number of aryl methyl sites for hydroxylation is 1. The molecule has 1 atom stereocenters. The molecule has 0 aromatic heterocycles. The van der Waals surface area contributed by atoms with Crippen molar-refractivity contribution in [1.82, 2.24) is 4.90 Å². The lowest BCUT2D eigenvalue weighted by Gasteiger charge is -2.33. The maximum Gasteiger partial charge on any atom is 0.338 e. The van der Waals surface area contributed by atoms with Gasteiger partial charge in [-0.15, -0.1) is 0 Å². The summed E-state index contributed by atoms with van der Waals surface area (Å²) in [6.45, 7) is 5.63. The average Bonchev–Trinajstić information content (AvgIpc) is 3.30. The van der Waals surface area contributed by atoms with Crippen molar-refractivity contribution in [3.8, 4) is 11.5 Å². The molecule has 0 fully saturated rings. The van der Waals surface area contributed by atoms with Crippen molar-refractivity contribution in [3.05, 3.63) is 76.5 Å². The number of amidine groups is 1. The summed E-state index contributed by atoms with van der Waals surface area (Å²) in [6.07, 6.45) is 1.90. The molecule has 0 aliphatic carbocycles. The molecule has 0 saturated carbocycles. The molecule has 0 bridgehead atoms. The van der Waals surface area contributed by atoms with Gasteiger partial charge in [0, 0.05) is 11.9 Å². The molecule has 0 saturated heterocycles. The third-order valence-electron chi connectivity index (χ3n) is 5.48. The highest BCUT2D eigenvalue weighted by Gasteiger charge is 2.37. The Morgan fingerprint density at radius 1 is 1.14 bits per heavy atom. The number of amides is 1. The largest absolute Gasteiger partial charge is 0.493 e. The van der Waals surface area contributed by atoms with Crippen molar-refractivity contribution in [3.63, 3.8) is 0 Å². The molecule has 8 nitrogen and oxygen atoms in total. The lowest BCUT2D eigenvalue weighted by molar-refractivity contribution is -0.139. The highest BCUT2D eigenvalue weighted by atomic mass is 32.2. The standard InChI is InChI=1S/C26H27N3O5S/c1-5-33-25(31)23-17(3)27-26-29(11-12-35-26)24(23)18-9-10-20(21(14-18)32-4)34-15-22(30)28-19-8-6-7-16(2)13-19/h6-14,24H,5,15H2,1-4H3,(H,28,30)/t24-/m1/s1. The van der Waals surface area contributed by atoms with E-state index in [1.165, 1.54) is 18.9 Å². The van der Waals surface area contributed by atoms with Crippen LogP contribution in [0.25, 0.3) is 0 Å². The van der Waals surface area contributed by atoms with Crippen LogP contribution in [0, 0.1) is 6.92 Å². The van der Waals surface area contributed by atoms with Crippen LogP contribution < -0.4 is 14.8 Å². The Bertz CT molecular complexity index is 1240. The summed E-state index contributed by atoms with van der Waals surface area (Å²) in [6, 6.07) is 12.5. The number of rotatable bonds is 8. The van der Waals surface area contributed by atoms with Crippen molar-refractivity contribution in [2.45, 2.75) is 26.8 Å². The number of hydrogen-bond acceptors (Lipinski definition) is 8. The van der Waals surface area contributed by atoms with Crippen LogP contribution in [-0.2, 0) is 14.3 Å². The number of carbonyl (C=O) groups excluding carboxylic acids is 2. The second kappa shape index (κ2) is 10.7. The number of hydrogen-bond donors (Lipinski definition) is 1. The molecule has 0 radical (unpaired) electrons. The van der Waals surface area contributed by atoms with Gasteiger partial charge in [0.2, 0.25) is 0 Å². The smallest absolute Gasteiger partial charge is 0.338 e. The predicted molar refractivity (Wildman–Crippen MR) is 136 cm³/mol. The van der Waals surface area contributed by atoms with Gasteiger partial charge in [-0.25, -0.2) is 9.79 Å². The van der Waals surface area contributed by atoms with Crippen LogP contribution in [0.5, 0.6) is 11.5 Å². The van der Waals surface area contributed by atoms with Gasteiger partial charge in [0.05, 0.1) is 31.0 Å². The maximum absolute atomic E-state index is 12.8. The van der Waals surface area contributed by atoms with Crippen LogP contribution in [0.4, 0.5) is 5.69 Å². The fourth-order valence-electron chi connectivity index (χ4n) is 3.93. The number of fused-ring (bicyclic) bond motifs is 1. The lowest BCUT2D eigenvalue weighted by atomic mass is 9.94. The molecule has 2 heterocycles. The normalized spacial score (nSPS) is 16.5. The molecule has 2 aliphatic rings. The summed E-state index contributed by atoms with van der Waals surface area (Å²) in [5.74, 6) is 0.184. The molecule has 182 valence electrons. The minimum Gasteiger partial charge on any atom is -0.493 e. The zero-order valence-corrected chi connectivity index (χ0v) is 20.8. The number of nitrogens with one attached hydrogen (secondary N) is 1. The summed E-state index contributed by atoms with van der Waals surface area (Å²) in [7, 11) is 1.53. The SMILES string of the molecule is CCOC(=O)C1=C(C)N=C2SC=CN2[C@@H]1c1ccc(OCC(=O)Nc2cccc(C)c2)c(OC)c1. The van der Waals surface area contributed by atoms with Crippen LogP contribution in [0.1, 0.15) is 31.0 Å². The number of thioether (sulfide) groups is 1. The van der Waals surface area contributed by atoms with E-state index in [0.717, 1.165) is 16.3 Å². The zero-order valence-electron chi connectivity index (χ0n) is 20.0. The third kappa shape index (κ3) is 5.35. The first-order valence-corrected chi connectivity index (χ1v) is 12.0. The van der Waals surface area contributed by atoms with Gasteiger partial charge in [0.15, 0.2) is 23.3 Å². The predicted octanol–water partition coefficient (Wildman–Crippen LogP) is 4.79. The Labute approximate surface area is 208 Å². The van der Waals surface area contributed by atoms with Crippen molar-refractivity contribution in [2.24, 2.45) is 4.99 Å². The monoisotopic (exact) mass is 493 g/mol. The third-order valence-corrected chi connectivity index (χ3v) is 6.25. The van der Waals surface area contributed by atoms with E-state index in [0.29, 0.717) is 28.5 Å². The van der Waals surface area contributed by atoms with Gasteiger partial charge in [0.1, 0.15) is 0 Å². The molecular weight excluding hydrogens is 466 g/mol.